The van der Waals surface area contributed by atoms with Gasteiger partial charge < -0.3 is 5.32 Å². The molecule has 0 amide bonds. The van der Waals surface area contributed by atoms with E-state index in [4.69, 9.17) is 0 Å². The van der Waals surface area contributed by atoms with Crippen LogP contribution in [-0.4, -0.2) is 18.9 Å². The van der Waals surface area contributed by atoms with E-state index in [0.29, 0.717) is 5.78 Å². The van der Waals surface area contributed by atoms with Crippen LogP contribution in [0.15, 0.2) is 0 Å². The van der Waals surface area contributed by atoms with E-state index in [1.807, 2.05) is 5.32 Å². The van der Waals surface area contributed by atoms with Crippen LogP contribution >= 0.6 is 0 Å². The molecule has 1 fully saturated rings. The highest BCUT2D eigenvalue weighted by atomic mass is 16.1. The first-order valence-electron chi connectivity index (χ1n) is 2.23. The van der Waals surface area contributed by atoms with E-state index in [2.05, 4.69) is 0 Å². The van der Waals surface area contributed by atoms with E-state index < -0.39 is 0 Å². The topological polar surface area (TPSA) is 33.7 Å². The third kappa shape index (κ3) is 0.571. The molecule has 2 heteroatoms. The molecule has 1 heterocycles. The number of quaternary nitrogens is 1. The van der Waals surface area contributed by atoms with Gasteiger partial charge in [-0.1, -0.05) is 0 Å². The van der Waals surface area contributed by atoms with E-state index in [1.165, 1.54) is 0 Å². The lowest BCUT2D eigenvalue weighted by atomic mass is 10.4. The van der Waals surface area contributed by atoms with Crippen LogP contribution in [0.1, 0.15) is 6.42 Å². The molecule has 1 saturated heterocycles. The van der Waals surface area contributed by atoms with Crippen LogP contribution in [0, 0.1) is 0 Å². The summed E-state index contributed by atoms with van der Waals surface area (Å²) in [5.74, 6) is 0.398. The molecule has 0 bridgehead atoms. The number of hydrogen-bond donors (Lipinski definition) is 1. The number of hydrogen-bond acceptors (Lipinski definition) is 1. The Morgan fingerprint density at radius 3 is 2.67 bits per heavy atom. The van der Waals surface area contributed by atoms with Gasteiger partial charge in [0, 0.05) is 0 Å². The van der Waals surface area contributed by atoms with Gasteiger partial charge in [0.25, 0.3) is 0 Å². The molecule has 34 valence electrons. The second-order valence-electron chi connectivity index (χ2n) is 1.57. The molecule has 0 aromatic carbocycles. The Kier molecular flexibility index (Phi) is 0.881. The fraction of sp³-hybridized carbons (Fsp3) is 0.750. The van der Waals surface area contributed by atoms with E-state index in [-0.39, 0.29) is 0 Å². The first-order chi connectivity index (χ1) is 2.89. The van der Waals surface area contributed by atoms with Crippen molar-refractivity contribution in [2.24, 2.45) is 0 Å². The van der Waals surface area contributed by atoms with Gasteiger partial charge in [0.05, 0.1) is 13.0 Å². The van der Waals surface area contributed by atoms with Gasteiger partial charge in [-0.25, -0.2) is 0 Å². The van der Waals surface area contributed by atoms with Gasteiger partial charge in [0.2, 0.25) is 0 Å². The third-order valence-corrected chi connectivity index (χ3v) is 0.999. The summed E-state index contributed by atoms with van der Waals surface area (Å²) in [7, 11) is 0. The molecular formula is C4H8NO+. The van der Waals surface area contributed by atoms with Crippen LogP contribution in [0.4, 0.5) is 0 Å². The maximum atomic E-state index is 10.2. The highest BCUT2D eigenvalue weighted by Gasteiger charge is 2.10. The second-order valence-corrected chi connectivity index (χ2v) is 1.57. The predicted octanol–water partition coefficient (Wildman–Crippen LogP) is -1.48. The molecule has 0 aliphatic carbocycles. The zero-order chi connectivity index (χ0) is 4.41. The Morgan fingerprint density at radius 2 is 2.50 bits per heavy atom. The first kappa shape index (κ1) is 3.81. The van der Waals surface area contributed by atoms with Crippen molar-refractivity contribution in [3.8, 4) is 0 Å². The lowest BCUT2D eigenvalue weighted by Gasteiger charge is -1.72. The fourth-order valence-corrected chi connectivity index (χ4v) is 0.628. The van der Waals surface area contributed by atoms with Crippen LogP contribution in [-0.2, 0) is 4.79 Å². The Labute approximate surface area is 36.5 Å². The number of Topliss-reactive ketones (excluding diaryl/α,β-unsaturated/α-hetero) is 1. The molecule has 0 unspecified atom stereocenters. The molecule has 1 rings (SSSR count). The van der Waals surface area contributed by atoms with Gasteiger partial charge in [-0.2, -0.15) is 0 Å². The summed E-state index contributed by atoms with van der Waals surface area (Å²) in [4.78, 5) is 10.2. The fourth-order valence-electron chi connectivity index (χ4n) is 0.628. The molecule has 0 spiro atoms. The molecule has 0 aromatic rings. The Bertz CT molecular complexity index is 61.9. The maximum Gasteiger partial charge on any atom is 0.192 e. The standard InChI is InChI=1S/C4H7NO/c6-4-1-2-5-3-4/h5H,1-3H2/p+1. The average Bonchev–Trinajstić information content (AvgIpc) is 1.86. The normalized spacial score (nSPS) is 22.3. The van der Waals surface area contributed by atoms with E-state index >= 15 is 0 Å². The van der Waals surface area contributed by atoms with E-state index in [0.717, 1.165) is 19.5 Å². The molecule has 1 aliphatic heterocycles. The van der Waals surface area contributed by atoms with Gasteiger partial charge in [-0.05, 0) is 0 Å². The van der Waals surface area contributed by atoms with Gasteiger partial charge in [-0.3, -0.25) is 4.79 Å². The van der Waals surface area contributed by atoms with Crippen molar-refractivity contribution >= 4 is 5.78 Å². The summed E-state index contributed by atoms with van der Waals surface area (Å²) in [5, 5.41) is 2.03. The van der Waals surface area contributed by atoms with Crippen molar-refractivity contribution in [1.29, 1.82) is 0 Å². The Hall–Kier alpha value is -0.370. The second kappa shape index (κ2) is 1.39. The minimum absolute atomic E-state index is 0.398. The molecule has 2 nitrogen and oxygen atoms in total. The van der Waals surface area contributed by atoms with Crippen LogP contribution in [0.2, 0.25) is 0 Å². The minimum Gasteiger partial charge on any atom is -0.340 e. The number of ketones is 1. The van der Waals surface area contributed by atoms with Gasteiger partial charge in [0.1, 0.15) is 6.54 Å². The highest BCUT2D eigenvalue weighted by Crippen LogP contribution is 1.77. The summed E-state index contributed by atoms with van der Waals surface area (Å²) in [6.07, 6.45) is 0.792. The van der Waals surface area contributed by atoms with Crippen molar-refractivity contribution in [1.82, 2.24) is 0 Å². The van der Waals surface area contributed by atoms with Crippen LogP contribution in [0.5, 0.6) is 0 Å². The summed E-state index contributed by atoms with van der Waals surface area (Å²) in [5.41, 5.74) is 0. The maximum absolute atomic E-state index is 10.2. The third-order valence-electron chi connectivity index (χ3n) is 0.999. The van der Waals surface area contributed by atoms with Crippen molar-refractivity contribution in [2.45, 2.75) is 6.42 Å². The molecule has 0 saturated carbocycles. The lowest BCUT2D eigenvalue weighted by Crippen LogP contribution is -2.81. The zero-order valence-electron chi connectivity index (χ0n) is 3.61. The van der Waals surface area contributed by atoms with Gasteiger partial charge in [0.15, 0.2) is 5.78 Å². The number of nitrogens with two attached hydrogens (primary N) is 1. The van der Waals surface area contributed by atoms with Crippen LogP contribution in [0.3, 0.4) is 0 Å². The summed E-state index contributed by atoms with van der Waals surface area (Å²) in [6, 6.07) is 0. The van der Waals surface area contributed by atoms with E-state index in [1.54, 1.807) is 0 Å². The molecule has 6 heavy (non-hydrogen) atoms. The van der Waals surface area contributed by atoms with Crippen molar-refractivity contribution < 1.29 is 10.1 Å². The molecule has 0 radical (unpaired) electrons. The molecule has 1 aliphatic rings. The highest BCUT2D eigenvalue weighted by molar-refractivity contribution is 5.80. The monoisotopic (exact) mass is 86.1 g/mol. The largest absolute Gasteiger partial charge is 0.340 e. The van der Waals surface area contributed by atoms with Crippen molar-refractivity contribution in [3.05, 3.63) is 0 Å². The molecule has 0 atom stereocenters. The summed E-state index contributed by atoms with van der Waals surface area (Å²) < 4.78 is 0. The molecular weight excluding hydrogens is 78.0 g/mol. The predicted molar refractivity (Wildman–Crippen MR) is 21.3 cm³/mol. The smallest absolute Gasteiger partial charge is 0.192 e. The van der Waals surface area contributed by atoms with Crippen LogP contribution < -0.4 is 5.32 Å². The first-order valence-corrected chi connectivity index (χ1v) is 2.23. The van der Waals surface area contributed by atoms with Gasteiger partial charge >= 0.3 is 0 Å². The number of carbonyl (C=O) groups excluding carboxylic acids is 1. The lowest BCUT2D eigenvalue weighted by molar-refractivity contribution is -0.630. The van der Waals surface area contributed by atoms with Crippen molar-refractivity contribution in [3.63, 3.8) is 0 Å². The zero-order valence-corrected chi connectivity index (χ0v) is 3.61. The quantitative estimate of drug-likeness (QED) is 0.383. The number of carbonyl (C=O) groups is 1. The Morgan fingerprint density at radius 1 is 1.67 bits per heavy atom. The average molecular weight is 86.1 g/mol. The SMILES string of the molecule is O=C1CC[NH2+]C1. The molecule has 0 aromatic heterocycles. The van der Waals surface area contributed by atoms with Crippen molar-refractivity contribution in [2.75, 3.05) is 13.1 Å². The number of rotatable bonds is 0. The van der Waals surface area contributed by atoms with Gasteiger partial charge in [-0.15, -0.1) is 0 Å². The Balaban J connectivity index is 2.37. The minimum atomic E-state index is 0.398. The van der Waals surface area contributed by atoms with E-state index in [9.17, 15) is 4.79 Å². The van der Waals surface area contributed by atoms with Crippen LogP contribution in [0.25, 0.3) is 0 Å². The summed E-state index contributed by atoms with van der Waals surface area (Å²) in [6.45, 7) is 1.73. The summed E-state index contributed by atoms with van der Waals surface area (Å²) >= 11 is 0. The molecule has 2 N–H and O–H groups in total.